The molecule has 0 aliphatic carbocycles. The normalized spacial score (nSPS) is 11.5. The van der Waals surface area contributed by atoms with Crippen LogP contribution in [0.3, 0.4) is 0 Å². The van der Waals surface area contributed by atoms with Crippen LogP contribution in [0.5, 0.6) is 0 Å². The van der Waals surface area contributed by atoms with Gasteiger partial charge in [0, 0.05) is 11.6 Å². The fourth-order valence-electron chi connectivity index (χ4n) is 1.11. The molecule has 0 spiro atoms. The Morgan fingerprint density at radius 3 is 2.72 bits per heavy atom. The van der Waals surface area contributed by atoms with Crippen molar-refractivity contribution in [2.45, 2.75) is 19.5 Å². The number of benzene rings is 1. The van der Waals surface area contributed by atoms with Gasteiger partial charge in [0.05, 0.1) is 6.04 Å². The summed E-state index contributed by atoms with van der Waals surface area (Å²) in [6.45, 7) is 1.82. The topological polar surface area (TPSA) is 96.2 Å². The molecule has 0 aromatic heterocycles. The molecule has 98 valence electrons. The van der Waals surface area contributed by atoms with Crippen LogP contribution in [0.15, 0.2) is 24.3 Å². The monoisotopic (exact) mass is 270 g/mol. The lowest BCUT2D eigenvalue weighted by Crippen LogP contribution is -2.51. The first-order valence-electron chi connectivity index (χ1n) is 5.33. The summed E-state index contributed by atoms with van der Waals surface area (Å²) in [4.78, 5) is 22.4. The van der Waals surface area contributed by atoms with Crippen LogP contribution in [0.4, 0.5) is 4.79 Å². The number of urea groups is 1. The summed E-state index contributed by atoms with van der Waals surface area (Å²) < 4.78 is 0. The molecule has 6 nitrogen and oxygen atoms in total. The highest BCUT2D eigenvalue weighted by atomic mass is 35.5. The Labute approximate surface area is 110 Å². The van der Waals surface area contributed by atoms with Gasteiger partial charge in [0.15, 0.2) is 0 Å². The Balaban J connectivity index is 2.31. The Hall–Kier alpha value is -1.79. The molecule has 3 amide bonds. The zero-order valence-electron chi connectivity index (χ0n) is 9.87. The van der Waals surface area contributed by atoms with E-state index in [4.69, 9.17) is 17.3 Å². The molecule has 0 heterocycles. The van der Waals surface area contributed by atoms with E-state index in [9.17, 15) is 9.59 Å². The van der Waals surface area contributed by atoms with Gasteiger partial charge in [-0.3, -0.25) is 10.2 Å². The number of rotatable bonds is 3. The van der Waals surface area contributed by atoms with E-state index in [1.165, 1.54) is 6.92 Å². The third kappa shape index (κ3) is 5.03. The zero-order valence-corrected chi connectivity index (χ0v) is 10.6. The minimum atomic E-state index is -0.682. The van der Waals surface area contributed by atoms with Crippen molar-refractivity contribution in [2.24, 2.45) is 5.73 Å². The number of nitrogens with two attached hydrogens (primary N) is 1. The maximum absolute atomic E-state index is 11.3. The number of hydrazine groups is 1. The van der Waals surface area contributed by atoms with Gasteiger partial charge in [-0.2, -0.15) is 0 Å². The van der Waals surface area contributed by atoms with Gasteiger partial charge in [0.1, 0.15) is 0 Å². The standard InChI is InChI=1S/C11H15ClN4O2/c1-7(13)10(17)15-16-11(18)14-6-8-3-2-4-9(12)5-8/h2-5,7H,6,13H2,1H3,(H,15,17)(H2,14,16,18). The van der Waals surface area contributed by atoms with E-state index in [-0.39, 0.29) is 0 Å². The van der Waals surface area contributed by atoms with Crippen molar-refractivity contribution in [3.63, 3.8) is 0 Å². The molecule has 0 fully saturated rings. The van der Waals surface area contributed by atoms with Crippen molar-refractivity contribution in [1.29, 1.82) is 0 Å². The molecule has 1 aromatic carbocycles. The summed E-state index contributed by atoms with van der Waals surface area (Å²) >= 11 is 5.80. The maximum Gasteiger partial charge on any atom is 0.333 e. The molecule has 0 aliphatic heterocycles. The summed E-state index contributed by atoms with van der Waals surface area (Å²) in [5.41, 5.74) is 10.5. The lowest BCUT2D eigenvalue weighted by Gasteiger charge is -2.10. The fraction of sp³-hybridized carbons (Fsp3) is 0.273. The summed E-state index contributed by atoms with van der Waals surface area (Å²) in [7, 11) is 0. The number of halogens is 1. The third-order valence-corrected chi connectivity index (χ3v) is 2.29. The van der Waals surface area contributed by atoms with Gasteiger partial charge < -0.3 is 11.1 Å². The van der Waals surface area contributed by atoms with Gasteiger partial charge in [0.25, 0.3) is 5.91 Å². The van der Waals surface area contributed by atoms with Gasteiger partial charge in [0.2, 0.25) is 0 Å². The van der Waals surface area contributed by atoms with Gasteiger partial charge in [-0.25, -0.2) is 10.2 Å². The molecule has 1 aromatic rings. The summed E-state index contributed by atoms with van der Waals surface area (Å²) in [5, 5.41) is 3.15. The first-order valence-corrected chi connectivity index (χ1v) is 5.70. The van der Waals surface area contributed by atoms with Crippen molar-refractivity contribution in [3.8, 4) is 0 Å². The molecule has 0 bridgehead atoms. The van der Waals surface area contributed by atoms with Crippen LogP contribution >= 0.6 is 11.6 Å². The summed E-state index contributed by atoms with van der Waals surface area (Å²) in [5.74, 6) is -0.465. The van der Waals surface area contributed by atoms with Crippen molar-refractivity contribution >= 4 is 23.5 Å². The van der Waals surface area contributed by atoms with E-state index >= 15 is 0 Å². The molecule has 1 atom stereocenters. The molecular weight excluding hydrogens is 256 g/mol. The Morgan fingerprint density at radius 2 is 2.11 bits per heavy atom. The molecule has 18 heavy (non-hydrogen) atoms. The number of nitrogens with one attached hydrogen (secondary N) is 3. The minimum Gasteiger partial charge on any atom is -0.333 e. The van der Waals surface area contributed by atoms with Crippen LogP contribution in [0.25, 0.3) is 0 Å². The predicted molar refractivity (Wildman–Crippen MR) is 68.6 cm³/mol. The summed E-state index contributed by atoms with van der Waals surface area (Å²) in [6, 6.07) is 5.89. The smallest absolute Gasteiger partial charge is 0.333 e. The summed E-state index contributed by atoms with van der Waals surface area (Å²) in [6.07, 6.45) is 0. The Kier molecular flexibility index (Phi) is 5.41. The average molecular weight is 271 g/mol. The third-order valence-electron chi connectivity index (χ3n) is 2.05. The first kappa shape index (κ1) is 14.3. The second-order valence-corrected chi connectivity index (χ2v) is 4.15. The van der Waals surface area contributed by atoms with E-state index in [1.807, 2.05) is 6.07 Å². The van der Waals surface area contributed by atoms with Crippen molar-refractivity contribution in [1.82, 2.24) is 16.2 Å². The van der Waals surface area contributed by atoms with E-state index < -0.39 is 18.0 Å². The minimum absolute atomic E-state index is 0.306. The maximum atomic E-state index is 11.3. The van der Waals surface area contributed by atoms with Crippen molar-refractivity contribution in [2.75, 3.05) is 0 Å². The SMILES string of the molecule is CC(N)C(=O)NNC(=O)NCc1cccc(Cl)c1. The highest BCUT2D eigenvalue weighted by molar-refractivity contribution is 6.30. The molecule has 7 heteroatoms. The van der Waals surface area contributed by atoms with Crippen LogP contribution in [-0.2, 0) is 11.3 Å². The number of hydrogen-bond acceptors (Lipinski definition) is 3. The number of carbonyl (C=O) groups excluding carboxylic acids is 2. The number of amides is 3. The highest BCUT2D eigenvalue weighted by Crippen LogP contribution is 2.09. The van der Waals surface area contributed by atoms with Gasteiger partial charge in [-0.15, -0.1) is 0 Å². The fourth-order valence-corrected chi connectivity index (χ4v) is 1.32. The van der Waals surface area contributed by atoms with Crippen molar-refractivity contribution in [3.05, 3.63) is 34.9 Å². The van der Waals surface area contributed by atoms with Crippen molar-refractivity contribution < 1.29 is 9.59 Å². The Morgan fingerprint density at radius 1 is 1.39 bits per heavy atom. The van der Waals surface area contributed by atoms with E-state index in [2.05, 4.69) is 16.2 Å². The lowest BCUT2D eigenvalue weighted by atomic mass is 10.2. The number of carbonyl (C=O) groups is 2. The molecular formula is C11H15ClN4O2. The van der Waals surface area contributed by atoms with Crippen LogP contribution in [-0.4, -0.2) is 18.0 Å². The van der Waals surface area contributed by atoms with E-state index in [0.717, 1.165) is 5.56 Å². The molecule has 0 saturated carbocycles. The zero-order chi connectivity index (χ0) is 13.5. The molecule has 1 unspecified atom stereocenters. The quantitative estimate of drug-likeness (QED) is 0.603. The van der Waals surface area contributed by atoms with E-state index in [0.29, 0.717) is 11.6 Å². The van der Waals surface area contributed by atoms with Gasteiger partial charge >= 0.3 is 6.03 Å². The highest BCUT2D eigenvalue weighted by Gasteiger charge is 2.07. The first-order chi connectivity index (χ1) is 8.49. The largest absolute Gasteiger partial charge is 0.333 e. The van der Waals surface area contributed by atoms with E-state index in [1.54, 1.807) is 18.2 Å². The lowest BCUT2D eigenvalue weighted by molar-refractivity contribution is -0.122. The molecule has 1 rings (SSSR count). The van der Waals surface area contributed by atoms with Crippen LogP contribution in [0, 0.1) is 0 Å². The van der Waals surface area contributed by atoms with Crippen LogP contribution in [0.2, 0.25) is 5.02 Å². The van der Waals surface area contributed by atoms with Crippen LogP contribution in [0.1, 0.15) is 12.5 Å². The second-order valence-electron chi connectivity index (χ2n) is 3.72. The van der Waals surface area contributed by atoms with Gasteiger partial charge in [-0.1, -0.05) is 23.7 Å². The predicted octanol–water partition coefficient (Wildman–Crippen LogP) is 0.518. The molecule has 0 radical (unpaired) electrons. The second kappa shape index (κ2) is 6.83. The molecule has 0 aliphatic rings. The molecule has 5 N–H and O–H groups in total. The Bertz CT molecular complexity index is 437. The number of hydrogen-bond donors (Lipinski definition) is 4. The average Bonchev–Trinajstić information content (AvgIpc) is 2.33. The van der Waals surface area contributed by atoms with Crippen LogP contribution < -0.4 is 21.9 Å². The molecule has 0 saturated heterocycles. The van der Waals surface area contributed by atoms with Gasteiger partial charge in [-0.05, 0) is 24.6 Å².